The summed E-state index contributed by atoms with van der Waals surface area (Å²) in [5.74, 6) is 0.655. The van der Waals surface area contributed by atoms with Crippen LogP contribution in [0.5, 0.6) is 5.75 Å². The van der Waals surface area contributed by atoms with Crippen molar-refractivity contribution in [2.24, 2.45) is 0 Å². The number of carbonyl (C=O) groups is 1. The molecule has 7 rings (SSSR count). The molecular weight excluding hydrogens is 619 g/mol. The number of halogens is 2. The number of hydrogen-bond donors (Lipinski definition) is 3. The van der Waals surface area contributed by atoms with E-state index in [1.807, 2.05) is 29.2 Å². The summed E-state index contributed by atoms with van der Waals surface area (Å²) >= 11 is 6.58. The molecule has 4 heterocycles. The second-order valence-electron chi connectivity index (χ2n) is 12.7. The normalized spacial score (nSPS) is 21.7. The minimum Gasteiger partial charge on any atom is -0.487 e. The van der Waals surface area contributed by atoms with Gasteiger partial charge in [0.1, 0.15) is 24.3 Å². The number of ether oxygens (including phenoxy) is 2. The van der Waals surface area contributed by atoms with Crippen LogP contribution >= 0.6 is 11.6 Å². The molecule has 0 radical (unpaired) electrons. The molecule has 11 heteroatoms. The fourth-order valence-electron chi connectivity index (χ4n) is 6.99. The predicted molar refractivity (Wildman–Crippen MR) is 182 cm³/mol. The van der Waals surface area contributed by atoms with Gasteiger partial charge in [-0.1, -0.05) is 35.9 Å². The Labute approximate surface area is 280 Å². The Morgan fingerprint density at radius 3 is 2.70 bits per heavy atom. The highest BCUT2D eigenvalue weighted by Crippen LogP contribution is 2.35. The number of carbonyl (C=O) groups excluding carboxylic acids is 1. The number of fused-ring (bicyclic) bond motifs is 1. The fourth-order valence-corrected chi connectivity index (χ4v) is 7.23. The van der Waals surface area contributed by atoms with E-state index in [0.717, 1.165) is 81.3 Å². The standard InChI is InChI=1S/C36H42ClFN6O3/c37-32-20-29(5-7-34(32)47-23-25-2-1-3-28(38)18-25)41-36-31-19-26(4-6-33(31)39-24-40-36)27-8-11-42(21-27)22-35(45)44-12-9-30(10-13-44)43-14-16-46-17-15-43/h1-8,11,18-20,27,30,36,39-41H,9-10,12-17,21-24H2. The molecule has 1 amide bonds. The topological polar surface area (TPSA) is 81.3 Å². The average Bonchev–Trinajstić information content (AvgIpc) is 3.57. The largest absolute Gasteiger partial charge is 0.487 e. The van der Waals surface area contributed by atoms with E-state index in [-0.39, 0.29) is 30.4 Å². The van der Waals surface area contributed by atoms with Crippen LogP contribution < -0.4 is 20.7 Å². The Bertz CT molecular complexity index is 1590. The predicted octanol–water partition coefficient (Wildman–Crippen LogP) is 5.38. The summed E-state index contributed by atoms with van der Waals surface area (Å²) in [5, 5.41) is 11.0. The molecule has 0 aromatic heterocycles. The molecule has 47 heavy (non-hydrogen) atoms. The molecule has 4 aliphatic rings. The zero-order valence-electron chi connectivity index (χ0n) is 26.5. The molecule has 0 saturated carbocycles. The lowest BCUT2D eigenvalue weighted by Gasteiger charge is -2.40. The van der Waals surface area contributed by atoms with E-state index < -0.39 is 0 Å². The summed E-state index contributed by atoms with van der Waals surface area (Å²) < 4.78 is 24.9. The maximum Gasteiger partial charge on any atom is 0.242 e. The number of anilines is 2. The molecule has 0 bridgehead atoms. The highest BCUT2D eigenvalue weighted by atomic mass is 35.5. The molecule has 2 fully saturated rings. The number of nitrogens with zero attached hydrogens (tertiary/aromatic N) is 3. The Balaban J connectivity index is 0.934. The van der Waals surface area contributed by atoms with Crippen LogP contribution in [0.4, 0.5) is 15.8 Å². The molecule has 2 unspecified atom stereocenters. The summed E-state index contributed by atoms with van der Waals surface area (Å²) in [4.78, 5) is 19.9. The molecule has 3 N–H and O–H groups in total. The first-order chi connectivity index (χ1) is 23.0. The Kier molecular flexibility index (Phi) is 9.81. The Morgan fingerprint density at radius 1 is 1.04 bits per heavy atom. The molecule has 248 valence electrons. The van der Waals surface area contributed by atoms with Crippen molar-refractivity contribution < 1.29 is 18.7 Å². The molecule has 3 aromatic rings. The smallest absolute Gasteiger partial charge is 0.242 e. The van der Waals surface area contributed by atoms with Crippen molar-refractivity contribution in [1.29, 1.82) is 0 Å². The van der Waals surface area contributed by atoms with E-state index in [1.165, 1.54) is 17.7 Å². The van der Waals surface area contributed by atoms with Crippen LogP contribution in [0, 0.1) is 5.82 Å². The van der Waals surface area contributed by atoms with Gasteiger partial charge in [0.2, 0.25) is 5.91 Å². The minimum absolute atomic E-state index is 0.134. The van der Waals surface area contributed by atoms with Gasteiger partial charge in [0.15, 0.2) is 0 Å². The fraction of sp³-hybridized carbons (Fsp3) is 0.417. The molecule has 2 saturated heterocycles. The summed E-state index contributed by atoms with van der Waals surface area (Å²) in [6.07, 6.45) is 6.22. The summed E-state index contributed by atoms with van der Waals surface area (Å²) in [6, 6.07) is 19.1. The second-order valence-corrected chi connectivity index (χ2v) is 13.1. The Morgan fingerprint density at radius 2 is 1.89 bits per heavy atom. The van der Waals surface area contributed by atoms with Crippen molar-refractivity contribution in [3.05, 3.63) is 100 Å². The van der Waals surface area contributed by atoms with Crippen molar-refractivity contribution in [1.82, 2.24) is 20.0 Å². The lowest BCUT2D eigenvalue weighted by atomic mass is 9.95. The molecular formula is C36H42ClFN6O3. The van der Waals surface area contributed by atoms with Crippen molar-refractivity contribution >= 4 is 28.9 Å². The third kappa shape index (κ3) is 7.67. The molecule has 9 nitrogen and oxygen atoms in total. The molecule has 3 aromatic carbocycles. The number of piperidine rings is 1. The first-order valence-electron chi connectivity index (χ1n) is 16.5. The van der Waals surface area contributed by atoms with Crippen LogP contribution in [0.25, 0.3) is 0 Å². The van der Waals surface area contributed by atoms with Crippen molar-refractivity contribution in [2.75, 3.05) is 69.8 Å². The van der Waals surface area contributed by atoms with Gasteiger partial charge in [-0.3, -0.25) is 15.0 Å². The van der Waals surface area contributed by atoms with Gasteiger partial charge in [0.05, 0.1) is 31.4 Å². The second kappa shape index (κ2) is 14.5. The van der Waals surface area contributed by atoms with E-state index in [1.54, 1.807) is 6.07 Å². The first kappa shape index (κ1) is 31.8. The SMILES string of the molecule is O=C(CN1C=CC(c2ccc3c(c2)C(Nc2ccc(OCc4cccc(F)c4)c(Cl)c2)NCN3)C1)N1CCC(N2CCOCC2)CC1. The average molecular weight is 661 g/mol. The number of morpholine rings is 1. The van der Waals surface area contributed by atoms with E-state index in [0.29, 0.717) is 30.0 Å². The maximum atomic E-state index is 13.5. The van der Waals surface area contributed by atoms with Gasteiger partial charge in [0.25, 0.3) is 0 Å². The summed E-state index contributed by atoms with van der Waals surface area (Å²) in [5.41, 5.74) is 4.98. The van der Waals surface area contributed by atoms with Gasteiger partial charge in [0, 0.05) is 61.6 Å². The van der Waals surface area contributed by atoms with Crippen LogP contribution in [0.1, 0.15) is 41.6 Å². The number of hydrogen-bond acceptors (Lipinski definition) is 8. The first-order valence-corrected chi connectivity index (χ1v) is 16.9. The number of benzene rings is 3. The molecule has 0 spiro atoms. The number of amides is 1. The Hall–Kier alpha value is -3.83. The van der Waals surface area contributed by atoms with Crippen LogP contribution in [0.3, 0.4) is 0 Å². The molecule has 0 aliphatic carbocycles. The van der Waals surface area contributed by atoms with Crippen molar-refractivity contribution in [3.8, 4) is 5.75 Å². The van der Waals surface area contributed by atoms with Crippen LogP contribution in [-0.4, -0.2) is 85.8 Å². The van der Waals surface area contributed by atoms with Gasteiger partial charge >= 0.3 is 0 Å². The quantitative estimate of drug-likeness (QED) is 0.283. The number of nitrogens with one attached hydrogen (secondary N) is 3. The minimum atomic E-state index is -0.294. The van der Waals surface area contributed by atoms with Crippen molar-refractivity contribution in [2.45, 2.75) is 37.6 Å². The molecule has 4 aliphatic heterocycles. The van der Waals surface area contributed by atoms with Gasteiger partial charge in [-0.05, 0) is 72.6 Å². The van der Waals surface area contributed by atoms with Crippen LogP contribution in [0.2, 0.25) is 5.02 Å². The highest BCUT2D eigenvalue weighted by Gasteiger charge is 2.30. The van der Waals surface area contributed by atoms with Crippen LogP contribution in [0.15, 0.2) is 72.9 Å². The van der Waals surface area contributed by atoms with Gasteiger partial charge in [-0.2, -0.15) is 0 Å². The van der Waals surface area contributed by atoms with Gasteiger partial charge in [-0.25, -0.2) is 4.39 Å². The third-order valence-electron chi connectivity index (χ3n) is 9.60. The summed E-state index contributed by atoms with van der Waals surface area (Å²) in [6.45, 7) is 7.33. The third-order valence-corrected chi connectivity index (χ3v) is 9.90. The van der Waals surface area contributed by atoms with E-state index in [4.69, 9.17) is 21.1 Å². The van der Waals surface area contributed by atoms with E-state index in [9.17, 15) is 9.18 Å². The van der Waals surface area contributed by atoms with Gasteiger partial charge in [-0.15, -0.1) is 0 Å². The van der Waals surface area contributed by atoms with Gasteiger partial charge < -0.3 is 29.9 Å². The lowest BCUT2D eigenvalue weighted by Crippen LogP contribution is -2.51. The maximum absolute atomic E-state index is 13.5. The van der Waals surface area contributed by atoms with E-state index in [2.05, 4.69) is 56.2 Å². The van der Waals surface area contributed by atoms with Crippen molar-refractivity contribution in [3.63, 3.8) is 0 Å². The zero-order valence-corrected chi connectivity index (χ0v) is 27.2. The highest BCUT2D eigenvalue weighted by molar-refractivity contribution is 6.32. The summed E-state index contributed by atoms with van der Waals surface area (Å²) in [7, 11) is 0. The monoisotopic (exact) mass is 660 g/mol. The zero-order chi connectivity index (χ0) is 32.2. The lowest BCUT2D eigenvalue weighted by molar-refractivity contribution is -0.133. The molecule has 2 atom stereocenters. The number of likely N-dealkylation sites (tertiary alicyclic amines) is 1. The number of rotatable bonds is 9. The van der Waals surface area contributed by atoms with Crippen LogP contribution in [-0.2, 0) is 16.1 Å². The van der Waals surface area contributed by atoms with E-state index >= 15 is 0 Å².